The molecule has 0 bridgehead atoms. The van der Waals surface area contributed by atoms with Gasteiger partial charge in [-0.2, -0.15) is 0 Å². The zero-order valence-electron chi connectivity index (χ0n) is 10.8. The highest BCUT2D eigenvalue weighted by molar-refractivity contribution is 5.81. The SMILES string of the molecule is CC1(C(=O)O)CCCCC1NC(=O)C1CCOC1. The second-order valence-corrected chi connectivity index (χ2v) is 5.59. The van der Waals surface area contributed by atoms with Crippen molar-refractivity contribution in [1.29, 1.82) is 0 Å². The van der Waals surface area contributed by atoms with Crippen molar-refractivity contribution in [1.82, 2.24) is 5.32 Å². The van der Waals surface area contributed by atoms with Crippen LogP contribution >= 0.6 is 0 Å². The molecule has 2 N–H and O–H groups in total. The molecule has 1 saturated heterocycles. The van der Waals surface area contributed by atoms with Gasteiger partial charge in [0.1, 0.15) is 0 Å². The number of hydrogen-bond donors (Lipinski definition) is 2. The molecule has 3 atom stereocenters. The molecule has 1 aliphatic carbocycles. The molecule has 0 radical (unpaired) electrons. The van der Waals surface area contributed by atoms with Gasteiger partial charge in [-0.3, -0.25) is 9.59 Å². The van der Waals surface area contributed by atoms with Crippen molar-refractivity contribution >= 4 is 11.9 Å². The van der Waals surface area contributed by atoms with Crippen LogP contribution in [0.5, 0.6) is 0 Å². The average molecular weight is 255 g/mol. The molecule has 1 aliphatic heterocycles. The van der Waals surface area contributed by atoms with Crippen LogP contribution in [0.2, 0.25) is 0 Å². The Hall–Kier alpha value is -1.10. The van der Waals surface area contributed by atoms with E-state index in [-0.39, 0.29) is 17.9 Å². The largest absolute Gasteiger partial charge is 0.481 e. The monoisotopic (exact) mass is 255 g/mol. The quantitative estimate of drug-likeness (QED) is 0.794. The molecule has 0 aromatic rings. The fourth-order valence-corrected chi connectivity index (χ4v) is 2.85. The molecule has 18 heavy (non-hydrogen) atoms. The lowest BCUT2D eigenvalue weighted by molar-refractivity contribution is -0.152. The third kappa shape index (κ3) is 2.51. The minimum absolute atomic E-state index is 0.0492. The van der Waals surface area contributed by atoms with Crippen LogP contribution in [0.3, 0.4) is 0 Å². The third-order valence-corrected chi connectivity index (χ3v) is 4.31. The molecule has 0 spiro atoms. The molecular weight excluding hydrogens is 234 g/mol. The number of carboxylic acid groups (broad SMARTS) is 1. The van der Waals surface area contributed by atoms with Crippen molar-refractivity contribution in [2.75, 3.05) is 13.2 Å². The number of carbonyl (C=O) groups excluding carboxylic acids is 1. The summed E-state index contributed by atoms with van der Waals surface area (Å²) in [7, 11) is 0. The predicted molar refractivity (Wildman–Crippen MR) is 65.1 cm³/mol. The molecule has 2 aliphatic rings. The summed E-state index contributed by atoms with van der Waals surface area (Å²) in [5, 5.41) is 12.3. The molecule has 0 aromatic heterocycles. The van der Waals surface area contributed by atoms with Crippen LogP contribution in [-0.2, 0) is 14.3 Å². The molecule has 5 nitrogen and oxygen atoms in total. The van der Waals surface area contributed by atoms with Crippen molar-refractivity contribution in [3.63, 3.8) is 0 Å². The molecule has 1 amide bonds. The second kappa shape index (κ2) is 5.26. The summed E-state index contributed by atoms with van der Waals surface area (Å²) in [5.74, 6) is -0.966. The van der Waals surface area contributed by atoms with Gasteiger partial charge in [0.05, 0.1) is 17.9 Å². The molecule has 2 fully saturated rings. The van der Waals surface area contributed by atoms with E-state index in [2.05, 4.69) is 5.32 Å². The number of rotatable bonds is 3. The Balaban J connectivity index is 2.01. The molecule has 102 valence electrons. The lowest BCUT2D eigenvalue weighted by atomic mass is 9.71. The van der Waals surface area contributed by atoms with Crippen LogP contribution in [-0.4, -0.2) is 36.2 Å². The first-order chi connectivity index (χ1) is 8.54. The lowest BCUT2D eigenvalue weighted by Gasteiger charge is -2.38. The molecule has 0 aromatic carbocycles. The summed E-state index contributed by atoms with van der Waals surface area (Å²) < 4.78 is 5.19. The summed E-state index contributed by atoms with van der Waals surface area (Å²) in [5.41, 5.74) is -0.826. The maximum absolute atomic E-state index is 12.0. The van der Waals surface area contributed by atoms with Gasteiger partial charge >= 0.3 is 5.97 Å². The molecule has 3 unspecified atom stereocenters. The lowest BCUT2D eigenvalue weighted by Crippen LogP contribution is -2.53. The minimum atomic E-state index is -0.826. The van der Waals surface area contributed by atoms with E-state index in [1.54, 1.807) is 6.92 Å². The maximum Gasteiger partial charge on any atom is 0.311 e. The second-order valence-electron chi connectivity index (χ2n) is 5.59. The number of aliphatic carboxylic acids is 1. The third-order valence-electron chi connectivity index (χ3n) is 4.31. The Bertz CT molecular complexity index is 338. The molecular formula is C13H21NO4. The number of hydrogen-bond acceptors (Lipinski definition) is 3. The van der Waals surface area contributed by atoms with E-state index in [1.165, 1.54) is 0 Å². The van der Waals surface area contributed by atoms with Crippen molar-refractivity contribution < 1.29 is 19.4 Å². The Labute approximate surface area is 107 Å². The van der Waals surface area contributed by atoms with E-state index in [0.29, 0.717) is 19.6 Å². The predicted octanol–water partition coefficient (Wildman–Crippen LogP) is 1.17. The van der Waals surface area contributed by atoms with Gasteiger partial charge in [0.2, 0.25) is 5.91 Å². The van der Waals surface area contributed by atoms with Crippen LogP contribution in [0, 0.1) is 11.3 Å². The first-order valence-corrected chi connectivity index (χ1v) is 6.65. The van der Waals surface area contributed by atoms with Crippen LogP contribution in [0.25, 0.3) is 0 Å². The Morgan fingerprint density at radius 2 is 2.11 bits per heavy atom. The number of nitrogens with one attached hydrogen (secondary N) is 1. The van der Waals surface area contributed by atoms with Crippen molar-refractivity contribution in [2.24, 2.45) is 11.3 Å². The summed E-state index contributed by atoms with van der Waals surface area (Å²) in [6, 6.07) is -0.253. The minimum Gasteiger partial charge on any atom is -0.481 e. The van der Waals surface area contributed by atoms with Gasteiger partial charge in [0.15, 0.2) is 0 Å². The van der Waals surface area contributed by atoms with Gasteiger partial charge < -0.3 is 15.2 Å². The number of ether oxygens (including phenoxy) is 1. The van der Waals surface area contributed by atoms with Gasteiger partial charge in [0.25, 0.3) is 0 Å². The zero-order chi connectivity index (χ0) is 13.2. The standard InChI is InChI=1S/C13H21NO4/c1-13(12(16)17)6-3-2-4-10(13)14-11(15)9-5-7-18-8-9/h9-10H,2-8H2,1H3,(H,14,15)(H,16,17). The molecule has 1 heterocycles. The Kier molecular flexibility index (Phi) is 3.90. The summed E-state index contributed by atoms with van der Waals surface area (Å²) in [6.45, 7) is 2.83. The van der Waals surface area contributed by atoms with E-state index in [1.807, 2.05) is 0 Å². The van der Waals surface area contributed by atoms with Crippen molar-refractivity contribution in [3.05, 3.63) is 0 Å². The average Bonchev–Trinajstić information content (AvgIpc) is 2.85. The molecule has 5 heteroatoms. The molecule has 1 saturated carbocycles. The number of amides is 1. The van der Waals surface area contributed by atoms with Gasteiger partial charge in [-0.1, -0.05) is 12.8 Å². The van der Waals surface area contributed by atoms with E-state index in [4.69, 9.17) is 4.74 Å². The normalized spacial score (nSPS) is 36.3. The first-order valence-electron chi connectivity index (χ1n) is 6.65. The highest BCUT2D eigenvalue weighted by atomic mass is 16.5. The zero-order valence-corrected chi connectivity index (χ0v) is 10.8. The maximum atomic E-state index is 12.0. The highest BCUT2D eigenvalue weighted by Gasteiger charge is 2.44. The summed E-state index contributed by atoms with van der Waals surface area (Å²) in [6.07, 6.45) is 4.02. The van der Waals surface area contributed by atoms with Crippen LogP contribution in [0.1, 0.15) is 39.0 Å². The smallest absolute Gasteiger partial charge is 0.311 e. The Morgan fingerprint density at radius 1 is 1.33 bits per heavy atom. The van der Waals surface area contributed by atoms with Crippen molar-refractivity contribution in [2.45, 2.75) is 45.1 Å². The van der Waals surface area contributed by atoms with E-state index < -0.39 is 11.4 Å². The Morgan fingerprint density at radius 3 is 2.72 bits per heavy atom. The summed E-state index contributed by atoms with van der Waals surface area (Å²) in [4.78, 5) is 23.5. The van der Waals surface area contributed by atoms with Gasteiger partial charge in [-0.15, -0.1) is 0 Å². The van der Waals surface area contributed by atoms with Gasteiger partial charge in [-0.25, -0.2) is 0 Å². The van der Waals surface area contributed by atoms with Crippen LogP contribution in [0.15, 0.2) is 0 Å². The van der Waals surface area contributed by atoms with E-state index >= 15 is 0 Å². The summed E-state index contributed by atoms with van der Waals surface area (Å²) >= 11 is 0. The van der Waals surface area contributed by atoms with E-state index in [9.17, 15) is 14.7 Å². The van der Waals surface area contributed by atoms with Gasteiger partial charge in [0, 0.05) is 12.6 Å². The van der Waals surface area contributed by atoms with Crippen molar-refractivity contribution in [3.8, 4) is 0 Å². The van der Waals surface area contributed by atoms with Gasteiger partial charge in [-0.05, 0) is 26.2 Å². The number of carboxylic acids is 1. The highest BCUT2D eigenvalue weighted by Crippen LogP contribution is 2.36. The first kappa shape index (κ1) is 13.3. The molecule has 2 rings (SSSR count). The topological polar surface area (TPSA) is 75.6 Å². The fraction of sp³-hybridized carbons (Fsp3) is 0.846. The fourth-order valence-electron chi connectivity index (χ4n) is 2.85. The van der Waals surface area contributed by atoms with Crippen LogP contribution in [0.4, 0.5) is 0 Å². The van der Waals surface area contributed by atoms with E-state index in [0.717, 1.165) is 25.7 Å². The number of carbonyl (C=O) groups is 2. The van der Waals surface area contributed by atoms with Crippen LogP contribution < -0.4 is 5.32 Å².